The van der Waals surface area contributed by atoms with Gasteiger partial charge in [-0.25, -0.2) is 0 Å². The van der Waals surface area contributed by atoms with Crippen molar-refractivity contribution in [2.24, 2.45) is 5.73 Å². The number of unbranched alkanes of at least 4 members (excludes halogenated alkanes) is 1. The molecule has 1 aromatic rings. The van der Waals surface area contributed by atoms with Gasteiger partial charge >= 0.3 is 0 Å². The van der Waals surface area contributed by atoms with Crippen molar-refractivity contribution in [1.82, 2.24) is 0 Å². The van der Waals surface area contributed by atoms with Gasteiger partial charge in [0.1, 0.15) is 0 Å². The van der Waals surface area contributed by atoms with Crippen molar-refractivity contribution < 1.29 is 4.21 Å². The van der Waals surface area contributed by atoms with Crippen molar-refractivity contribution in [3.05, 3.63) is 29.3 Å². The largest absolute Gasteiger partial charge is 0.330 e. The van der Waals surface area contributed by atoms with E-state index in [9.17, 15) is 4.21 Å². The van der Waals surface area contributed by atoms with Crippen LogP contribution < -0.4 is 5.73 Å². The van der Waals surface area contributed by atoms with E-state index < -0.39 is 10.8 Å². The van der Waals surface area contributed by atoms with Gasteiger partial charge in [-0.05, 0) is 56.5 Å². The molecule has 0 heterocycles. The second-order valence-corrected chi connectivity index (χ2v) is 5.36. The van der Waals surface area contributed by atoms with Gasteiger partial charge in [0.25, 0.3) is 0 Å². The highest BCUT2D eigenvalue weighted by Gasteiger charge is 2.04. The van der Waals surface area contributed by atoms with E-state index >= 15 is 0 Å². The van der Waals surface area contributed by atoms with Crippen LogP contribution in [0.15, 0.2) is 23.1 Å². The first-order chi connectivity index (χ1) is 7.15. The SMILES string of the molecule is Cc1ccc(S(=O)CCCCN)cc1C. The average molecular weight is 225 g/mol. The number of hydrogen-bond acceptors (Lipinski definition) is 2. The molecule has 0 aliphatic heterocycles. The Morgan fingerprint density at radius 1 is 1.20 bits per heavy atom. The molecule has 0 amide bonds. The van der Waals surface area contributed by atoms with Crippen LogP contribution in [0.25, 0.3) is 0 Å². The van der Waals surface area contributed by atoms with Crippen LogP contribution in [0.5, 0.6) is 0 Å². The summed E-state index contributed by atoms with van der Waals surface area (Å²) in [4.78, 5) is 0.940. The van der Waals surface area contributed by atoms with Gasteiger partial charge < -0.3 is 5.73 Å². The molecule has 0 fully saturated rings. The van der Waals surface area contributed by atoms with Crippen molar-refractivity contribution in [2.75, 3.05) is 12.3 Å². The summed E-state index contributed by atoms with van der Waals surface area (Å²) in [6, 6.07) is 6.01. The summed E-state index contributed by atoms with van der Waals surface area (Å²) in [7, 11) is -0.859. The Bertz CT molecular complexity index is 349. The Morgan fingerprint density at radius 3 is 2.53 bits per heavy atom. The third-order valence-electron chi connectivity index (χ3n) is 2.53. The predicted octanol–water partition coefficient (Wildman–Crippen LogP) is 2.15. The third-order valence-corrected chi connectivity index (χ3v) is 3.96. The van der Waals surface area contributed by atoms with Gasteiger partial charge in [0.05, 0.1) is 10.8 Å². The topological polar surface area (TPSA) is 43.1 Å². The van der Waals surface area contributed by atoms with Gasteiger partial charge in [0.2, 0.25) is 0 Å². The molecule has 2 N–H and O–H groups in total. The van der Waals surface area contributed by atoms with Gasteiger partial charge in [-0.2, -0.15) is 0 Å². The number of nitrogens with two attached hydrogens (primary N) is 1. The number of hydrogen-bond donors (Lipinski definition) is 1. The molecule has 0 spiro atoms. The Kier molecular flexibility index (Phi) is 4.99. The summed E-state index contributed by atoms with van der Waals surface area (Å²) in [6.07, 6.45) is 1.90. The summed E-state index contributed by atoms with van der Waals surface area (Å²) < 4.78 is 11.9. The van der Waals surface area contributed by atoms with Gasteiger partial charge in [-0.15, -0.1) is 0 Å². The Balaban J connectivity index is 2.62. The van der Waals surface area contributed by atoms with Crippen LogP contribution in [-0.2, 0) is 10.8 Å². The molecule has 2 nitrogen and oxygen atoms in total. The van der Waals surface area contributed by atoms with Crippen molar-refractivity contribution in [1.29, 1.82) is 0 Å². The van der Waals surface area contributed by atoms with Gasteiger partial charge in [0.15, 0.2) is 0 Å². The van der Waals surface area contributed by atoms with Crippen LogP contribution in [0, 0.1) is 13.8 Å². The lowest BCUT2D eigenvalue weighted by molar-refractivity contribution is 0.678. The predicted molar refractivity (Wildman–Crippen MR) is 65.5 cm³/mol. The number of benzene rings is 1. The Morgan fingerprint density at radius 2 is 1.93 bits per heavy atom. The van der Waals surface area contributed by atoms with Crippen LogP contribution in [-0.4, -0.2) is 16.5 Å². The van der Waals surface area contributed by atoms with Crippen LogP contribution in [0.2, 0.25) is 0 Å². The van der Waals surface area contributed by atoms with E-state index in [1.807, 2.05) is 18.2 Å². The lowest BCUT2D eigenvalue weighted by Crippen LogP contribution is -2.03. The molecule has 1 aromatic carbocycles. The summed E-state index contributed by atoms with van der Waals surface area (Å²) in [5.74, 6) is 0.722. The molecule has 0 saturated heterocycles. The molecule has 1 rings (SSSR count). The van der Waals surface area contributed by atoms with Crippen LogP contribution in [0.4, 0.5) is 0 Å². The Labute approximate surface area is 94.3 Å². The molecule has 0 bridgehead atoms. The molecule has 0 aromatic heterocycles. The van der Waals surface area contributed by atoms with Crippen molar-refractivity contribution in [3.8, 4) is 0 Å². The standard InChI is InChI=1S/C12H19NOS/c1-10-5-6-12(9-11(10)2)15(14)8-4-3-7-13/h5-6,9H,3-4,7-8,13H2,1-2H3. The highest BCUT2D eigenvalue weighted by atomic mass is 32.2. The number of aryl methyl sites for hydroxylation is 2. The molecular weight excluding hydrogens is 206 g/mol. The molecule has 3 heteroatoms. The van der Waals surface area contributed by atoms with Crippen LogP contribution in [0.1, 0.15) is 24.0 Å². The summed E-state index contributed by atoms with van der Waals surface area (Å²) in [5.41, 5.74) is 7.85. The molecule has 15 heavy (non-hydrogen) atoms. The maximum atomic E-state index is 11.9. The molecule has 1 atom stereocenters. The third kappa shape index (κ3) is 3.76. The minimum absolute atomic E-state index is 0.685. The van der Waals surface area contributed by atoms with Crippen molar-refractivity contribution >= 4 is 10.8 Å². The van der Waals surface area contributed by atoms with E-state index in [-0.39, 0.29) is 0 Å². The zero-order valence-corrected chi connectivity index (χ0v) is 10.3. The summed E-state index contributed by atoms with van der Waals surface area (Å²) >= 11 is 0. The van der Waals surface area contributed by atoms with Crippen LogP contribution >= 0.6 is 0 Å². The van der Waals surface area contributed by atoms with E-state index in [2.05, 4.69) is 13.8 Å². The van der Waals surface area contributed by atoms with E-state index in [0.29, 0.717) is 6.54 Å². The minimum atomic E-state index is -0.859. The first-order valence-electron chi connectivity index (χ1n) is 5.31. The maximum absolute atomic E-state index is 11.9. The summed E-state index contributed by atoms with van der Waals surface area (Å²) in [6.45, 7) is 4.80. The van der Waals surface area contributed by atoms with Gasteiger partial charge in [-0.3, -0.25) is 4.21 Å². The second-order valence-electron chi connectivity index (χ2n) is 3.79. The molecule has 0 radical (unpaired) electrons. The Hall–Kier alpha value is -0.670. The van der Waals surface area contributed by atoms with Crippen LogP contribution in [0.3, 0.4) is 0 Å². The first-order valence-corrected chi connectivity index (χ1v) is 6.62. The fraction of sp³-hybridized carbons (Fsp3) is 0.500. The second kappa shape index (κ2) is 6.03. The summed E-state index contributed by atoms with van der Waals surface area (Å²) in [5, 5.41) is 0. The first kappa shape index (κ1) is 12.4. The lowest BCUT2D eigenvalue weighted by Gasteiger charge is -2.05. The van der Waals surface area contributed by atoms with E-state index in [1.165, 1.54) is 11.1 Å². The van der Waals surface area contributed by atoms with E-state index in [1.54, 1.807) is 0 Å². The van der Waals surface area contributed by atoms with Crippen molar-refractivity contribution in [2.45, 2.75) is 31.6 Å². The van der Waals surface area contributed by atoms with E-state index in [4.69, 9.17) is 5.73 Å². The average Bonchev–Trinajstić information content (AvgIpc) is 2.22. The molecule has 0 saturated carbocycles. The number of rotatable bonds is 5. The quantitative estimate of drug-likeness (QED) is 0.780. The molecule has 84 valence electrons. The smallest absolute Gasteiger partial charge is 0.0529 e. The molecule has 1 unspecified atom stereocenters. The maximum Gasteiger partial charge on any atom is 0.0529 e. The zero-order valence-electron chi connectivity index (χ0n) is 9.45. The van der Waals surface area contributed by atoms with E-state index in [0.717, 1.165) is 23.5 Å². The fourth-order valence-electron chi connectivity index (χ4n) is 1.35. The van der Waals surface area contributed by atoms with Crippen molar-refractivity contribution in [3.63, 3.8) is 0 Å². The normalized spacial score (nSPS) is 12.7. The fourth-order valence-corrected chi connectivity index (χ4v) is 2.58. The van der Waals surface area contributed by atoms with Gasteiger partial charge in [0, 0.05) is 10.6 Å². The molecule has 0 aliphatic rings. The molecular formula is C12H19NOS. The monoisotopic (exact) mass is 225 g/mol. The highest BCUT2D eigenvalue weighted by Crippen LogP contribution is 2.14. The zero-order chi connectivity index (χ0) is 11.3. The molecule has 0 aliphatic carbocycles. The lowest BCUT2D eigenvalue weighted by atomic mass is 10.1. The van der Waals surface area contributed by atoms with Gasteiger partial charge in [-0.1, -0.05) is 6.07 Å². The highest BCUT2D eigenvalue weighted by molar-refractivity contribution is 7.85. The minimum Gasteiger partial charge on any atom is -0.330 e.